The van der Waals surface area contributed by atoms with Gasteiger partial charge in [0.15, 0.2) is 0 Å². The fourth-order valence-corrected chi connectivity index (χ4v) is 2.30. The van der Waals surface area contributed by atoms with Crippen molar-refractivity contribution in [3.05, 3.63) is 72.2 Å². The van der Waals surface area contributed by atoms with E-state index < -0.39 is 0 Å². The number of nitrogens with zero attached hydrogens (tertiary/aromatic N) is 2. The van der Waals surface area contributed by atoms with Gasteiger partial charge in [-0.1, -0.05) is 0 Å². The monoisotopic (exact) mass is 333 g/mol. The van der Waals surface area contributed by atoms with Crippen LogP contribution < -0.4 is 16.0 Å². The molecule has 0 spiro atoms. The highest BCUT2D eigenvalue weighted by atomic mass is 16.1. The van der Waals surface area contributed by atoms with Crippen molar-refractivity contribution in [3.8, 4) is 0 Å². The molecule has 6 nitrogen and oxygen atoms in total. The van der Waals surface area contributed by atoms with Crippen molar-refractivity contribution in [2.24, 2.45) is 0 Å². The van der Waals surface area contributed by atoms with E-state index in [1.165, 1.54) is 6.33 Å². The third-order valence-corrected chi connectivity index (χ3v) is 3.65. The van der Waals surface area contributed by atoms with Crippen LogP contribution in [0, 0.1) is 6.92 Å². The van der Waals surface area contributed by atoms with E-state index in [-0.39, 0.29) is 5.91 Å². The minimum absolute atomic E-state index is 0.144. The van der Waals surface area contributed by atoms with Crippen LogP contribution in [0.1, 0.15) is 16.1 Å². The molecule has 0 radical (unpaired) electrons. The molecule has 1 heterocycles. The minimum Gasteiger partial charge on any atom is -0.388 e. The molecule has 0 aliphatic heterocycles. The molecule has 0 aliphatic carbocycles. The fourth-order valence-electron chi connectivity index (χ4n) is 2.30. The Morgan fingerprint density at radius 3 is 2.16 bits per heavy atom. The van der Waals surface area contributed by atoms with Gasteiger partial charge in [-0.3, -0.25) is 4.79 Å². The maximum Gasteiger partial charge on any atom is 0.255 e. The molecular formula is C19H19N5O. The van der Waals surface area contributed by atoms with Gasteiger partial charge in [0.05, 0.1) is 0 Å². The number of hydrogen-bond acceptors (Lipinski definition) is 5. The van der Waals surface area contributed by atoms with Gasteiger partial charge < -0.3 is 16.0 Å². The first kappa shape index (κ1) is 16.4. The molecule has 0 unspecified atom stereocenters. The van der Waals surface area contributed by atoms with Crippen LogP contribution in [0.5, 0.6) is 0 Å². The highest BCUT2D eigenvalue weighted by molar-refractivity contribution is 6.04. The van der Waals surface area contributed by atoms with E-state index >= 15 is 0 Å². The van der Waals surface area contributed by atoms with Crippen molar-refractivity contribution in [2.75, 3.05) is 23.0 Å². The van der Waals surface area contributed by atoms with Crippen LogP contribution in [0.15, 0.2) is 60.9 Å². The molecule has 0 atom stereocenters. The van der Waals surface area contributed by atoms with Crippen molar-refractivity contribution < 1.29 is 4.79 Å². The van der Waals surface area contributed by atoms with E-state index in [0.717, 1.165) is 28.6 Å². The van der Waals surface area contributed by atoms with Crippen LogP contribution in [-0.2, 0) is 0 Å². The summed E-state index contributed by atoms with van der Waals surface area (Å²) in [5, 5.41) is 9.11. The lowest BCUT2D eigenvalue weighted by Gasteiger charge is -2.09. The first-order valence-electron chi connectivity index (χ1n) is 7.89. The smallest absolute Gasteiger partial charge is 0.255 e. The molecule has 25 heavy (non-hydrogen) atoms. The van der Waals surface area contributed by atoms with Crippen LogP contribution in [0.25, 0.3) is 0 Å². The predicted octanol–water partition coefficient (Wildman–Crippen LogP) is 3.82. The van der Waals surface area contributed by atoms with E-state index in [0.29, 0.717) is 5.56 Å². The van der Waals surface area contributed by atoms with Gasteiger partial charge in [0.25, 0.3) is 5.91 Å². The summed E-state index contributed by atoms with van der Waals surface area (Å²) in [5.74, 6) is 0.587. The Balaban J connectivity index is 1.64. The van der Waals surface area contributed by atoms with Gasteiger partial charge in [-0.25, -0.2) is 9.97 Å². The maximum atomic E-state index is 12.3. The van der Waals surface area contributed by atoms with Crippen molar-refractivity contribution in [1.29, 1.82) is 0 Å². The van der Waals surface area contributed by atoms with E-state index in [4.69, 9.17) is 0 Å². The molecule has 0 aliphatic rings. The largest absolute Gasteiger partial charge is 0.388 e. The lowest BCUT2D eigenvalue weighted by Crippen LogP contribution is -2.11. The number of carbonyl (C=O) groups excluding carboxylic acids is 1. The van der Waals surface area contributed by atoms with Gasteiger partial charge >= 0.3 is 0 Å². The summed E-state index contributed by atoms with van der Waals surface area (Å²) in [4.78, 5) is 20.5. The Labute approximate surface area is 146 Å². The Hall–Kier alpha value is -3.41. The standard InChI is InChI=1S/C19H19N5O/c1-13-11-18(22-12-21-13)23-16-7-9-17(10-8-16)24-19(25)14-3-5-15(20-2)6-4-14/h3-12,20H,1-2H3,(H,24,25)(H,21,22,23). The Kier molecular flexibility index (Phi) is 4.89. The van der Waals surface area contributed by atoms with Gasteiger partial charge in [0.2, 0.25) is 0 Å². The van der Waals surface area contributed by atoms with Crippen LogP contribution in [0.4, 0.5) is 22.9 Å². The van der Waals surface area contributed by atoms with E-state index in [1.54, 1.807) is 12.1 Å². The lowest BCUT2D eigenvalue weighted by molar-refractivity contribution is 0.102. The highest BCUT2D eigenvalue weighted by Crippen LogP contribution is 2.18. The molecule has 1 amide bonds. The number of benzene rings is 2. The van der Waals surface area contributed by atoms with Crippen LogP contribution in [0.3, 0.4) is 0 Å². The first-order valence-corrected chi connectivity index (χ1v) is 7.89. The van der Waals surface area contributed by atoms with Crippen molar-refractivity contribution in [1.82, 2.24) is 9.97 Å². The molecule has 0 bridgehead atoms. The van der Waals surface area contributed by atoms with Crippen molar-refractivity contribution in [3.63, 3.8) is 0 Å². The van der Waals surface area contributed by atoms with E-state index in [9.17, 15) is 4.79 Å². The average Bonchev–Trinajstić information content (AvgIpc) is 2.63. The molecule has 2 aromatic carbocycles. The van der Waals surface area contributed by atoms with E-state index in [2.05, 4.69) is 25.9 Å². The molecule has 3 aromatic rings. The zero-order chi connectivity index (χ0) is 17.6. The summed E-state index contributed by atoms with van der Waals surface area (Å²) in [6.45, 7) is 1.91. The second-order valence-corrected chi connectivity index (χ2v) is 5.53. The van der Waals surface area contributed by atoms with Crippen molar-refractivity contribution >= 4 is 28.8 Å². The quantitative estimate of drug-likeness (QED) is 0.661. The molecule has 126 valence electrons. The van der Waals surface area contributed by atoms with Gasteiger partial charge in [-0.05, 0) is 55.5 Å². The number of carbonyl (C=O) groups is 1. The normalized spacial score (nSPS) is 10.2. The third-order valence-electron chi connectivity index (χ3n) is 3.65. The summed E-state index contributed by atoms with van der Waals surface area (Å²) >= 11 is 0. The second-order valence-electron chi connectivity index (χ2n) is 5.53. The molecule has 0 fully saturated rings. The number of nitrogens with one attached hydrogen (secondary N) is 3. The molecule has 0 saturated heterocycles. The molecular weight excluding hydrogens is 314 g/mol. The van der Waals surface area contributed by atoms with Crippen LogP contribution >= 0.6 is 0 Å². The SMILES string of the molecule is CNc1ccc(C(=O)Nc2ccc(Nc3cc(C)ncn3)cc2)cc1. The van der Waals surface area contributed by atoms with E-state index in [1.807, 2.05) is 56.4 Å². The predicted molar refractivity (Wildman–Crippen MR) is 100 cm³/mol. The fraction of sp³-hybridized carbons (Fsp3) is 0.105. The summed E-state index contributed by atoms with van der Waals surface area (Å²) in [6.07, 6.45) is 1.52. The van der Waals surface area contributed by atoms with Gasteiger partial charge in [0, 0.05) is 41.4 Å². The van der Waals surface area contributed by atoms with Crippen LogP contribution in [-0.4, -0.2) is 22.9 Å². The summed E-state index contributed by atoms with van der Waals surface area (Å²) in [6, 6.07) is 16.6. The summed E-state index contributed by atoms with van der Waals surface area (Å²) in [5.41, 5.74) is 4.08. The topological polar surface area (TPSA) is 78.9 Å². The Morgan fingerprint density at radius 1 is 0.880 bits per heavy atom. The zero-order valence-corrected chi connectivity index (χ0v) is 14.1. The molecule has 3 rings (SSSR count). The second kappa shape index (κ2) is 7.44. The highest BCUT2D eigenvalue weighted by Gasteiger charge is 2.06. The van der Waals surface area contributed by atoms with Gasteiger partial charge in [0.1, 0.15) is 12.1 Å². The summed E-state index contributed by atoms with van der Waals surface area (Å²) in [7, 11) is 1.84. The van der Waals surface area contributed by atoms with Gasteiger partial charge in [-0.15, -0.1) is 0 Å². The number of rotatable bonds is 5. The summed E-state index contributed by atoms with van der Waals surface area (Å²) < 4.78 is 0. The maximum absolute atomic E-state index is 12.3. The Morgan fingerprint density at radius 2 is 1.52 bits per heavy atom. The van der Waals surface area contributed by atoms with Crippen molar-refractivity contribution in [2.45, 2.75) is 6.92 Å². The van der Waals surface area contributed by atoms with Crippen LogP contribution in [0.2, 0.25) is 0 Å². The lowest BCUT2D eigenvalue weighted by atomic mass is 10.2. The number of hydrogen-bond donors (Lipinski definition) is 3. The zero-order valence-electron chi connectivity index (χ0n) is 14.1. The Bertz CT molecular complexity index is 860. The average molecular weight is 333 g/mol. The number of anilines is 4. The first-order chi connectivity index (χ1) is 12.1. The number of aromatic nitrogens is 2. The van der Waals surface area contributed by atoms with Gasteiger partial charge in [-0.2, -0.15) is 0 Å². The number of aryl methyl sites for hydroxylation is 1. The number of amides is 1. The minimum atomic E-state index is -0.144. The molecule has 1 aromatic heterocycles. The molecule has 0 saturated carbocycles. The molecule has 6 heteroatoms. The molecule has 3 N–H and O–H groups in total. The third kappa shape index (κ3) is 4.32.